The summed E-state index contributed by atoms with van der Waals surface area (Å²) in [6.07, 6.45) is -0.699. The van der Waals surface area contributed by atoms with Crippen LogP contribution < -0.4 is 9.47 Å². The fourth-order valence-corrected chi connectivity index (χ4v) is 3.03. The Labute approximate surface area is 189 Å². The minimum atomic E-state index is -0.601. The maximum atomic E-state index is 12.9. The van der Waals surface area contributed by atoms with E-state index < -0.39 is 11.9 Å². The maximum Gasteiger partial charge on any atom is 0.341 e. The molecule has 2 aromatic rings. The van der Waals surface area contributed by atoms with Crippen LogP contribution in [0.25, 0.3) is 0 Å². The van der Waals surface area contributed by atoms with Gasteiger partial charge in [0.2, 0.25) is 0 Å². The van der Waals surface area contributed by atoms with E-state index in [0.29, 0.717) is 28.5 Å². The van der Waals surface area contributed by atoms with E-state index in [0.717, 1.165) is 0 Å². The lowest BCUT2D eigenvalue weighted by Gasteiger charge is -2.16. The first kappa shape index (κ1) is 24.7. The highest BCUT2D eigenvalue weighted by Crippen LogP contribution is 2.25. The third-order valence-electron chi connectivity index (χ3n) is 4.34. The molecule has 0 unspecified atom stereocenters. The molecule has 0 aliphatic heterocycles. The molecule has 0 fully saturated rings. The lowest BCUT2D eigenvalue weighted by atomic mass is 9.98. The van der Waals surface area contributed by atoms with Gasteiger partial charge in [0.1, 0.15) is 11.5 Å². The number of nitrogens with zero attached hydrogens (tertiary/aromatic N) is 1. The number of esters is 2. The molecule has 170 valence electrons. The van der Waals surface area contributed by atoms with Crippen LogP contribution >= 0.6 is 0 Å². The highest BCUT2D eigenvalue weighted by Gasteiger charge is 2.27. The second-order valence-corrected chi connectivity index (χ2v) is 7.67. The zero-order chi connectivity index (χ0) is 24.0. The number of aromatic nitrogens is 1. The maximum absolute atomic E-state index is 12.9. The zero-order valence-corrected chi connectivity index (χ0v) is 19.8. The molecule has 0 spiro atoms. The van der Waals surface area contributed by atoms with E-state index in [-0.39, 0.29) is 28.9 Å². The highest BCUT2D eigenvalue weighted by molar-refractivity contribution is 6.01. The number of methoxy groups -OCH3 is 2. The zero-order valence-electron chi connectivity index (χ0n) is 19.8. The summed E-state index contributed by atoms with van der Waals surface area (Å²) >= 11 is 0. The minimum Gasteiger partial charge on any atom is -0.497 e. The largest absolute Gasteiger partial charge is 0.497 e. The van der Waals surface area contributed by atoms with Crippen LogP contribution in [0.3, 0.4) is 0 Å². The fraction of sp³-hybridized carbons (Fsp3) is 0.400. The highest BCUT2D eigenvalue weighted by atomic mass is 16.5. The molecule has 0 aliphatic rings. The predicted molar refractivity (Wildman–Crippen MR) is 120 cm³/mol. The van der Waals surface area contributed by atoms with Crippen molar-refractivity contribution >= 4 is 11.9 Å². The number of carbonyl (C=O) groups is 2. The molecule has 0 radical (unpaired) electrons. The molecule has 1 aromatic carbocycles. The molecule has 2 rings (SSSR count). The van der Waals surface area contributed by atoms with Crippen molar-refractivity contribution in [2.24, 2.45) is 0 Å². The Morgan fingerprint density at radius 2 is 1.22 bits per heavy atom. The van der Waals surface area contributed by atoms with Crippen molar-refractivity contribution in [2.75, 3.05) is 14.2 Å². The minimum absolute atomic E-state index is 0.141. The normalized spacial score (nSPS) is 10.4. The van der Waals surface area contributed by atoms with Crippen LogP contribution in [0.15, 0.2) is 18.2 Å². The van der Waals surface area contributed by atoms with Gasteiger partial charge in [0, 0.05) is 11.6 Å². The van der Waals surface area contributed by atoms with Crippen LogP contribution in [-0.2, 0) is 9.47 Å². The topological polar surface area (TPSA) is 84.0 Å². The average molecular weight is 440 g/mol. The number of pyridine rings is 1. The van der Waals surface area contributed by atoms with Gasteiger partial charge in [-0.1, -0.05) is 11.8 Å². The Balaban J connectivity index is 2.77. The molecule has 0 atom stereocenters. The van der Waals surface area contributed by atoms with Crippen molar-refractivity contribution in [3.63, 3.8) is 0 Å². The van der Waals surface area contributed by atoms with Crippen LogP contribution in [0.5, 0.6) is 11.5 Å². The van der Waals surface area contributed by atoms with Gasteiger partial charge in [0.25, 0.3) is 0 Å². The first-order chi connectivity index (χ1) is 15.1. The van der Waals surface area contributed by atoms with Crippen LogP contribution in [-0.4, -0.2) is 43.4 Å². The standard InChI is InChI=1S/C25H29NO6/c1-14(2)31-24(27)22-16(5)26-17(6)23(25(28)32-15(3)4)21(22)10-9-18-11-19(29-7)13-20(12-18)30-8/h11-15H,1-8H3. The molecule has 0 bridgehead atoms. The Morgan fingerprint density at radius 3 is 1.59 bits per heavy atom. The van der Waals surface area contributed by atoms with Crippen molar-refractivity contribution in [2.45, 2.75) is 53.8 Å². The van der Waals surface area contributed by atoms with E-state index >= 15 is 0 Å². The molecule has 0 saturated carbocycles. The molecule has 0 amide bonds. The summed E-state index contributed by atoms with van der Waals surface area (Å²) in [7, 11) is 3.09. The number of hydrogen-bond donors (Lipinski definition) is 0. The summed E-state index contributed by atoms with van der Waals surface area (Å²) in [4.78, 5) is 30.2. The smallest absolute Gasteiger partial charge is 0.341 e. The van der Waals surface area contributed by atoms with Gasteiger partial charge >= 0.3 is 11.9 Å². The Kier molecular flexibility index (Phi) is 8.25. The summed E-state index contributed by atoms with van der Waals surface area (Å²) in [5.74, 6) is 5.92. The van der Waals surface area contributed by atoms with Gasteiger partial charge in [-0.15, -0.1) is 0 Å². The van der Waals surface area contributed by atoms with Crippen molar-refractivity contribution in [3.8, 4) is 23.3 Å². The van der Waals surface area contributed by atoms with Gasteiger partial charge in [-0.25, -0.2) is 9.59 Å². The third-order valence-corrected chi connectivity index (χ3v) is 4.34. The van der Waals surface area contributed by atoms with Crippen LogP contribution in [0.2, 0.25) is 0 Å². The summed E-state index contributed by atoms with van der Waals surface area (Å²) in [6, 6.07) is 5.19. The van der Waals surface area contributed by atoms with Crippen molar-refractivity contribution in [3.05, 3.63) is 51.8 Å². The number of rotatable bonds is 6. The lowest BCUT2D eigenvalue weighted by molar-refractivity contribution is 0.0375. The molecule has 0 N–H and O–H groups in total. The Morgan fingerprint density at radius 1 is 0.781 bits per heavy atom. The summed E-state index contributed by atoms with van der Waals surface area (Å²) < 4.78 is 21.4. The first-order valence-electron chi connectivity index (χ1n) is 10.3. The summed E-state index contributed by atoms with van der Waals surface area (Å²) in [5, 5.41) is 0. The van der Waals surface area contributed by atoms with E-state index in [9.17, 15) is 9.59 Å². The number of hydrogen-bond acceptors (Lipinski definition) is 7. The van der Waals surface area contributed by atoms with E-state index in [1.807, 2.05) is 0 Å². The summed E-state index contributed by atoms with van der Waals surface area (Å²) in [6.45, 7) is 10.4. The van der Waals surface area contributed by atoms with Gasteiger partial charge in [0.05, 0.1) is 54.5 Å². The molecule has 0 aliphatic carbocycles. The van der Waals surface area contributed by atoms with E-state index in [1.54, 1.807) is 74.0 Å². The Bertz CT molecular complexity index is 1010. The first-order valence-corrected chi connectivity index (χ1v) is 10.3. The molecule has 0 saturated heterocycles. The van der Waals surface area contributed by atoms with Gasteiger partial charge < -0.3 is 18.9 Å². The quantitative estimate of drug-likeness (QED) is 0.491. The van der Waals surface area contributed by atoms with Crippen molar-refractivity contribution < 1.29 is 28.5 Å². The van der Waals surface area contributed by atoms with E-state index in [4.69, 9.17) is 18.9 Å². The van der Waals surface area contributed by atoms with Gasteiger partial charge in [-0.3, -0.25) is 4.98 Å². The second-order valence-electron chi connectivity index (χ2n) is 7.67. The molecule has 7 heteroatoms. The molecule has 1 aromatic heterocycles. The Hall–Kier alpha value is -3.53. The number of ether oxygens (including phenoxy) is 4. The van der Waals surface area contributed by atoms with Gasteiger partial charge in [0.15, 0.2) is 0 Å². The van der Waals surface area contributed by atoms with Gasteiger partial charge in [-0.05, 0) is 53.7 Å². The SMILES string of the molecule is COc1cc(C#Cc2c(C(=O)OC(C)C)c(C)nc(C)c2C(=O)OC(C)C)cc(OC)c1. The molecular formula is C25H29NO6. The number of benzene rings is 1. The van der Waals surface area contributed by atoms with Gasteiger partial charge in [-0.2, -0.15) is 0 Å². The number of carbonyl (C=O) groups excluding carboxylic acids is 2. The molecule has 1 heterocycles. The second kappa shape index (κ2) is 10.7. The molecular weight excluding hydrogens is 410 g/mol. The van der Waals surface area contributed by atoms with E-state index in [2.05, 4.69) is 16.8 Å². The third kappa shape index (κ3) is 6.01. The van der Waals surface area contributed by atoms with Crippen LogP contribution in [0, 0.1) is 25.7 Å². The van der Waals surface area contributed by atoms with Crippen molar-refractivity contribution in [1.29, 1.82) is 0 Å². The van der Waals surface area contributed by atoms with Crippen molar-refractivity contribution in [1.82, 2.24) is 4.98 Å². The van der Waals surface area contributed by atoms with Crippen LogP contribution in [0.1, 0.15) is 70.9 Å². The predicted octanol–water partition coefficient (Wildman–Crippen LogP) is 4.25. The lowest BCUT2D eigenvalue weighted by Crippen LogP contribution is -2.21. The van der Waals surface area contributed by atoms with E-state index in [1.165, 1.54) is 0 Å². The summed E-state index contributed by atoms with van der Waals surface area (Å²) in [5.41, 5.74) is 1.92. The monoisotopic (exact) mass is 439 g/mol. The fourth-order valence-electron chi connectivity index (χ4n) is 3.03. The number of aryl methyl sites for hydroxylation is 2. The average Bonchev–Trinajstić information content (AvgIpc) is 2.70. The van der Waals surface area contributed by atoms with Crippen LogP contribution in [0.4, 0.5) is 0 Å². The molecule has 7 nitrogen and oxygen atoms in total. The molecule has 32 heavy (non-hydrogen) atoms.